The van der Waals surface area contributed by atoms with E-state index in [1.165, 1.54) is 6.07 Å². The third-order valence-corrected chi connectivity index (χ3v) is 8.86. The van der Waals surface area contributed by atoms with Gasteiger partial charge in [-0.05, 0) is 55.4 Å². The molecular formula is C23H34N2O6S. The van der Waals surface area contributed by atoms with Crippen molar-refractivity contribution >= 4 is 21.9 Å². The van der Waals surface area contributed by atoms with Gasteiger partial charge in [-0.15, -0.1) is 0 Å². The monoisotopic (exact) mass is 466 g/mol. The van der Waals surface area contributed by atoms with Crippen molar-refractivity contribution in [2.75, 3.05) is 13.2 Å². The Labute approximate surface area is 190 Å². The van der Waals surface area contributed by atoms with Gasteiger partial charge in [-0.3, -0.25) is 9.59 Å². The number of nitrogens with one attached hydrogen (secondary N) is 1. The fourth-order valence-corrected chi connectivity index (χ4v) is 6.25. The third-order valence-electron chi connectivity index (χ3n) is 6.99. The minimum Gasteiger partial charge on any atom is -0.454 e. The van der Waals surface area contributed by atoms with Gasteiger partial charge in [-0.25, -0.2) is 8.42 Å². The van der Waals surface area contributed by atoms with Crippen molar-refractivity contribution in [1.29, 1.82) is 0 Å². The highest BCUT2D eigenvalue weighted by Gasteiger charge is 2.44. The molecule has 0 spiro atoms. The predicted molar refractivity (Wildman–Crippen MR) is 119 cm³/mol. The van der Waals surface area contributed by atoms with Crippen molar-refractivity contribution in [3.63, 3.8) is 0 Å². The zero-order valence-corrected chi connectivity index (χ0v) is 20.0. The number of benzene rings is 1. The molecule has 8 nitrogen and oxygen atoms in total. The number of amides is 1. The number of carbonyl (C=O) groups is 2. The summed E-state index contributed by atoms with van der Waals surface area (Å²) in [6, 6.07) is 3.62. The van der Waals surface area contributed by atoms with E-state index >= 15 is 0 Å². The zero-order chi connectivity index (χ0) is 23.6. The third kappa shape index (κ3) is 5.32. The molecule has 1 aromatic rings. The average molecular weight is 467 g/mol. The molecule has 1 amide bonds. The van der Waals surface area contributed by atoms with Gasteiger partial charge in [0.1, 0.15) is 6.04 Å². The summed E-state index contributed by atoms with van der Waals surface area (Å²) in [5.74, 6) is -0.367. The quantitative estimate of drug-likeness (QED) is 0.620. The highest BCUT2D eigenvalue weighted by Crippen LogP contribution is 2.30. The van der Waals surface area contributed by atoms with Gasteiger partial charge in [0.2, 0.25) is 10.0 Å². The normalized spacial score (nSPS) is 29.0. The first kappa shape index (κ1) is 24.7. The van der Waals surface area contributed by atoms with Gasteiger partial charge in [0, 0.05) is 19.0 Å². The van der Waals surface area contributed by atoms with Crippen LogP contribution in [0, 0.1) is 25.7 Å². The molecule has 9 heteroatoms. The van der Waals surface area contributed by atoms with E-state index in [4.69, 9.17) is 4.74 Å². The summed E-state index contributed by atoms with van der Waals surface area (Å²) in [4.78, 5) is 25.1. The fourth-order valence-electron chi connectivity index (χ4n) is 4.54. The van der Waals surface area contributed by atoms with Crippen LogP contribution in [-0.4, -0.2) is 61.0 Å². The predicted octanol–water partition coefficient (Wildman–Crippen LogP) is 1.91. The van der Waals surface area contributed by atoms with E-state index in [-0.39, 0.29) is 23.9 Å². The molecule has 1 saturated heterocycles. The maximum absolute atomic E-state index is 13.2. The Hall–Kier alpha value is -1.97. The molecule has 0 radical (unpaired) electrons. The van der Waals surface area contributed by atoms with Crippen LogP contribution in [0.25, 0.3) is 0 Å². The number of esters is 1. The molecule has 4 unspecified atom stereocenters. The molecule has 1 aliphatic heterocycles. The van der Waals surface area contributed by atoms with Crippen molar-refractivity contribution < 1.29 is 27.9 Å². The van der Waals surface area contributed by atoms with Gasteiger partial charge >= 0.3 is 5.97 Å². The van der Waals surface area contributed by atoms with Gasteiger partial charge < -0.3 is 15.2 Å². The molecule has 2 aliphatic rings. The average Bonchev–Trinajstić information content (AvgIpc) is 3.14. The Kier molecular flexibility index (Phi) is 7.62. The van der Waals surface area contributed by atoms with E-state index in [0.717, 1.165) is 34.7 Å². The molecule has 32 heavy (non-hydrogen) atoms. The van der Waals surface area contributed by atoms with Crippen molar-refractivity contribution in [2.24, 2.45) is 11.8 Å². The Balaban J connectivity index is 1.64. The van der Waals surface area contributed by atoms with E-state index in [1.54, 1.807) is 12.1 Å². The minimum absolute atomic E-state index is 0.0416. The standard InChI is InChI=1S/C23H34N2O6S/c1-14-8-9-19(10-16(14)3)32(29,30)25-12-18(26)11-21(25)23(28)31-13-22(27)24-20-7-5-6-15(2)17(20)4/h8-10,15,17-18,20-21,26H,5-7,11-13H2,1-4H3,(H,24,27)/t15?,17?,18?,20?,21-/m0/s1. The number of aliphatic hydroxyl groups excluding tert-OH is 1. The lowest BCUT2D eigenvalue weighted by atomic mass is 9.78. The molecular weight excluding hydrogens is 432 g/mol. The highest BCUT2D eigenvalue weighted by molar-refractivity contribution is 7.89. The van der Waals surface area contributed by atoms with Crippen LogP contribution >= 0.6 is 0 Å². The maximum Gasteiger partial charge on any atom is 0.325 e. The summed E-state index contributed by atoms with van der Waals surface area (Å²) >= 11 is 0. The molecule has 1 heterocycles. The molecule has 1 aliphatic carbocycles. The van der Waals surface area contributed by atoms with Crippen LogP contribution in [0.3, 0.4) is 0 Å². The Morgan fingerprint density at radius 3 is 2.59 bits per heavy atom. The Bertz CT molecular complexity index is 963. The fraction of sp³-hybridized carbons (Fsp3) is 0.652. The second-order valence-electron chi connectivity index (χ2n) is 9.28. The zero-order valence-electron chi connectivity index (χ0n) is 19.2. The number of rotatable bonds is 6. The first-order valence-electron chi connectivity index (χ1n) is 11.2. The summed E-state index contributed by atoms with van der Waals surface area (Å²) in [5.41, 5.74) is 1.77. The largest absolute Gasteiger partial charge is 0.454 e. The second kappa shape index (κ2) is 9.89. The van der Waals surface area contributed by atoms with Crippen LogP contribution in [0.1, 0.15) is 50.7 Å². The van der Waals surface area contributed by atoms with Crippen LogP contribution in [0.15, 0.2) is 23.1 Å². The van der Waals surface area contributed by atoms with Crippen LogP contribution in [-0.2, 0) is 24.3 Å². The van der Waals surface area contributed by atoms with Crippen LogP contribution < -0.4 is 5.32 Å². The lowest BCUT2D eigenvalue weighted by Crippen LogP contribution is -2.46. The first-order valence-corrected chi connectivity index (χ1v) is 12.7. The number of nitrogens with zero attached hydrogens (tertiary/aromatic N) is 1. The molecule has 5 atom stereocenters. The SMILES string of the molecule is Cc1ccc(S(=O)(=O)N2CC(O)C[C@H]2C(=O)OCC(=O)NC2CCCC(C)C2C)cc1C. The second-order valence-corrected chi connectivity index (χ2v) is 11.2. The summed E-state index contributed by atoms with van der Waals surface area (Å²) in [5, 5.41) is 13.0. The van der Waals surface area contributed by atoms with E-state index in [1.807, 2.05) is 13.8 Å². The van der Waals surface area contributed by atoms with Gasteiger partial charge in [-0.2, -0.15) is 4.31 Å². The number of β-amino-alcohol motifs (C(OH)–C–C–N with tert-alkyl or cyclic N) is 1. The van der Waals surface area contributed by atoms with Crippen LogP contribution in [0.2, 0.25) is 0 Å². The summed E-state index contributed by atoms with van der Waals surface area (Å²) in [6.07, 6.45) is 2.02. The highest BCUT2D eigenvalue weighted by atomic mass is 32.2. The van der Waals surface area contributed by atoms with Gasteiger partial charge in [0.15, 0.2) is 6.61 Å². The molecule has 0 aromatic heterocycles. The van der Waals surface area contributed by atoms with Gasteiger partial charge in [0.05, 0.1) is 11.0 Å². The molecule has 0 bridgehead atoms. The number of hydrogen-bond acceptors (Lipinski definition) is 6. The molecule has 1 aromatic carbocycles. The van der Waals surface area contributed by atoms with Crippen molar-refractivity contribution in [2.45, 2.75) is 76.5 Å². The van der Waals surface area contributed by atoms with Gasteiger partial charge in [0.25, 0.3) is 5.91 Å². The van der Waals surface area contributed by atoms with E-state index in [2.05, 4.69) is 19.2 Å². The van der Waals surface area contributed by atoms with E-state index < -0.39 is 40.7 Å². The molecule has 1 saturated carbocycles. The van der Waals surface area contributed by atoms with E-state index in [0.29, 0.717) is 11.8 Å². The van der Waals surface area contributed by atoms with Crippen molar-refractivity contribution in [3.05, 3.63) is 29.3 Å². The lowest BCUT2D eigenvalue weighted by molar-refractivity contribution is -0.152. The number of aryl methyl sites for hydroxylation is 2. The molecule has 3 rings (SSSR count). The van der Waals surface area contributed by atoms with Gasteiger partial charge in [-0.1, -0.05) is 32.8 Å². The number of hydrogen-bond donors (Lipinski definition) is 2. The Morgan fingerprint density at radius 1 is 1.19 bits per heavy atom. The summed E-state index contributed by atoms with van der Waals surface area (Å²) < 4.78 is 32.5. The van der Waals surface area contributed by atoms with Crippen molar-refractivity contribution in [3.8, 4) is 0 Å². The Morgan fingerprint density at radius 2 is 1.91 bits per heavy atom. The van der Waals surface area contributed by atoms with E-state index in [9.17, 15) is 23.1 Å². The topological polar surface area (TPSA) is 113 Å². The van der Waals surface area contributed by atoms with Crippen LogP contribution in [0.4, 0.5) is 0 Å². The lowest BCUT2D eigenvalue weighted by Gasteiger charge is -2.34. The number of sulfonamides is 1. The van der Waals surface area contributed by atoms with Crippen LogP contribution in [0.5, 0.6) is 0 Å². The minimum atomic E-state index is -4.01. The molecule has 2 fully saturated rings. The molecule has 178 valence electrons. The maximum atomic E-state index is 13.2. The summed E-state index contributed by atoms with van der Waals surface area (Å²) in [7, 11) is -4.01. The number of ether oxygens (including phenoxy) is 1. The first-order chi connectivity index (χ1) is 15.0. The smallest absolute Gasteiger partial charge is 0.325 e. The number of aliphatic hydroxyl groups is 1. The van der Waals surface area contributed by atoms with Crippen molar-refractivity contribution in [1.82, 2.24) is 9.62 Å². The number of carbonyl (C=O) groups excluding carboxylic acids is 2. The summed E-state index contributed by atoms with van der Waals surface area (Å²) in [6.45, 7) is 7.30. The molecule has 2 N–H and O–H groups in total.